The van der Waals surface area contributed by atoms with Crippen LogP contribution in [0.2, 0.25) is 0 Å². The molecule has 3 nitrogen and oxygen atoms in total. The minimum Gasteiger partial charge on any atom is -0.327 e. The summed E-state index contributed by atoms with van der Waals surface area (Å²) in [5, 5.41) is 0. The first-order chi connectivity index (χ1) is 9.81. The average molecular weight is 352 g/mol. The minimum atomic E-state index is -0.242. The summed E-state index contributed by atoms with van der Waals surface area (Å²) < 4.78 is 13.8. The fraction of sp³-hybridized carbons (Fsp3) is 0.375. The molecule has 5 heteroatoms. The van der Waals surface area contributed by atoms with Gasteiger partial charge in [0.05, 0.1) is 0 Å². The van der Waals surface area contributed by atoms with E-state index in [1.165, 1.54) is 12.1 Å². The second-order valence-corrected chi connectivity index (χ2v) is 6.66. The lowest BCUT2D eigenvalue weighted by Crippen LogP contribution is -2.22. The summed E-state index contributed by atoms with van der Waals surface area (Å²) in [6, 6.07) is 8.30. The summed E-state index contributed by atoms with van der Waals surface area (Å²) in [5.41, 5.74) is 0.769. The van der Waals surface area contributed by atoms with E-state index in [9.17, 15) is 4.39 Å². The van der Waals surface area contributed by atoms with Gasteiger partial charge in [-0.15, -0.1) is 0 Å². The van der Waals surface area contributed by atoms with Gasteiger partial charge in [-0.3, -0.25) is 0 Å². The molecule has 0 amide bonds. The fourth-order valence-corrected chi connectivity index (χ4v) is 2.35. The highest BCUT2D eigenvalue weighted by Crippen LogP contribution is 2.28. The van der Waals surface area contributed by atoms with E-state index in [-0.39, 0.29) is 11.2 Å². The first kappa shape index (κ1) is 15.9. The Balaban J connectivity index is 2.47. The molecule has 0 spiro atoms. The molecule has 1 heterocycles. The lowest BCUT2D eigenvalue weighted by Gasteiger charge is -2.25. The largest absolute Gasteiger partial charge is 0.327 e. The Kier molecular flexibility index (Phi) is 4.61. The topological polar surface area (TPSA) is 29.0 Å². The van der Waals surface area contributed by atoms with Crippen LogP contribution >= 0.6 is 15.9 Å². The van der Waals surface area contributed by atoms with Gasteiger partial charge in [-0.05, 0) is 47.1 Å². The molecule has 1 aromatic heterocycles. The molecule has 112 valence electrons. The predicted molar refractivity (Wildman–Crippen MR) is 87.5 cm³/mol. The third-order valence-corrected chi connectivity index (χ3v) is 3.49. The van der Waals surface area contributed by atoms with E-state index in [0.717, 1.165) is 28.5 Å². The molecule has 0 N–H and O–H groups in total. The van der Waals surface area contributed by atoms with Crippen molar-refractivity contribution in [1.82, 2.24) is 9.97 Å². The molecule has 0 radical (unpaired) electrons. The van der Waals surface area contributed by atoms with Crippen LogP contribution in [0.25, 0.3) is 0 Å². The molecular weight excluding hydrogens is 333 g/mol. The average Bonchev–Trinajstić information content (AvgIpc) is 2.40. The van der Waals surface area contributed by atoms with Crippen LogP contribution in [-0.2, 0) is 5.41 Å². The van der Waals surface area contributed by atoms with Crippen molar-refractivity contribution in [3.63, 3.8) is 0 Å². The van der Waals surface area contributed by atoms with Gasteiger partial charge in [0.15, 0.2) is 0 Å². The second-order valence-electron chi connectivity index (χ2n) is 5.84. The lowest BCUT2D eigenvalue weighted by molar-refractivity contribution is 0.543. The Morgan fingerprint density at radius 2 is 1.76 bits per heavy atom. The molecule has 0 saturated heterocycles. The molecule has 21 heavy (non-hydrogen) atoms. The number of hydrogen-bond donors (Lipinski definition) is 0. The molecule has 1 aromatic carbocycles. The zero-order valence-corrected chi connectivity index (χ0v) is 14.3. The molecule has 0 aliphatic rings. The van der Waals surface area contributed by atoms with Gasteiger partial charge in [0.2, 0.25) is 0 Å². The van der Waals surface area contributed by atoms with E-state index in [4.69, 9.17) is 0 Å². The van der Waals surface area contributed by atoms with Crippen LogP contribution in [0.3, 0.4) is 0 Å². The summed E-state index contributed by atoms with van der Waals surface area (Å²) in [6.45, 7) is 9.00. The first-order valence-electron chi connectivity index (χ1n) is 6.89. The minimum absolute atomic E-state index is 0.138. The third-order valence-electron chi connectivity index (χ3n) is 3.08. The number of hydrogen-bond acceptors (Lipinski definition) is 3. The van der Waals surface area contributed by atoms with Crippen molar-refractivity contribution in [3.05, 3.63) is 46.6 Å². The molecule has 0 atom stereocenters. The highest BCUT2D eigenvalue weighted by molar-refractivity contribution is 9.10. The van der Waals surface area contributed by atoms with Gasteiger partial charge in [-0.1, -0.05) is 20.8 Å². The van der Waals surface area contributed by atoms with Gasteiger partial charge in [0.1, 0.15) is 22.1 Å². The van der Waals surface area contributed by atoms with Crippen LogP contribution in [-0.4, -0.2) is 16.5 Å². The predicted octanol–water partition coefficient (Wildman–Crippen LogP) is 4.83. The normalized spacial score (nSPS) is 11.5. The van der Waals surface area contributed by atoms with Crippen LogP contribution in [0.4, 0.5) is 15.9 Å². The number of aromatic nitrogens is 2. The van der Waals surface area contributed by atoms with Crippen LogP contribution < -0.4 is 4.90 Å². The maximum absolute atomic E-state index is 13.1. The van der Waals surface area contributed by atoms with Crippen molar-refractivity contribution >= 4 is 27.4 Å². The molecule has 0 aliphatic carbocycles. The first-order valence-corrected chi connectivity index (χ1v) is 7.68. The van der Waals surface area contributed by atoms with E-state index in [2.05, 4.69) is 46.7 Å². The molecular formula is C16H19BrFN3. The van der Waals surface area contributed by atoms with E-state index in [1.807, 2.05) is 17.9 Å². The van der Waals surface area contributed by atoms with Crippen molar-refractivity contribution < 1.29 is 4.39 Å². The smallest absolute Gasteiger partial charge is 0.137 e. The number of halogens is 2. The van der Waals surface area contributed by atoms with Gasteiger partial charge in [-0.2, -0.15) is 0 Å². The summed E-state index contributed by atoms with van der Waals surface area (Å²) in [6.07, 6.45) is 0. The Hall–Kier alpha value is -1.49. The Labute approximate surface area is 133 Å². The van der Waals surface area contributed by atoms with E-state index >= 15 is 0 Å². The second kappa shape index (κ2) is 6.10. The Morgan fingerprint density at radius 3 is 2.29 bits per heavy atom. The van der Waals surface area contributed by atoms with Crippen molar-refractivity contribution in [2.24, 2.45) is 0 Å². The van der Waals surface area contributed by atoms with Crippen LogP contribution in [0.5, 0.6) is 0 Å². The van der Waals surface area contributed by atoms with Gasteiger partial charge >= 0.3 is 0 Å². The molecule has 0 fully saturated rings. The molecule has 0 unspecified atom stereocenters. The zero-order chi connectivity index (χ0) is 15.6. The van der Waals surface area contributed by atoms with Crippen LogP contribution in [0.15, 0.2) is 34.9 Å². The monoisotopic (exact) mass is 351 g/mol. The number of nitrogens with zero attached hydrogens (tertiary/aromatic N) is 3. The number of rotatable bonds is 3. The van der Waals surface area contributed by atoms with Crippen molar-refractivity contribution in [1.29, 1.82) is 0 Å². The number of anilines is 2. The van der Waals surface area contributed by atoms with Crippen LogP contribution in [0.1, 0.15) is 33.5 Å². The molecule has 0 bridgehead atoms. The van der Waals surface area contributed by atoms with E-state index < -0.39 is 0 Å². The molecule has 2 rings (SSSR count). The van der Waals surface area contributed by atoms with Crippen molar-refractivity contribution in [2.45, 2.75) is 33.1 Å². The van der Waals surface area contributed by atoms with Gasteiger partial charge in [0, 0.05) is 23.7 Å². The van der Waals surface area contributed by atoms with E-state index in [0.29, 0.717) is 0 Å². The third kappa shape index (κ3) is 3.79. The van der Waals surface area contributed by atoms with Crippen molar-refractivity contribution in [2.75, 3.05) is 11.4 Å². The van der Waals surface area contributed by atoms with Gasteiger partial charge < -0.3 is 4.90 Å². The SMILES string of the molecule is CCN(c1ccc(F)cc1)c1cc(Br)nc(C(C)(C)C)n1. The molecule has 0 saturated carbocycles. The highest BCUT2D eigenvalue weighted by atomic mass is 79.9. The maximum Gasteiger partial charge on any atom is 0.137 e. The summed E-state index contributed by atoms with van der Waals surface area (Å²) in [7, 11) is 0. The standard InChI is InChI=1S/C16H19BrFN3/c1-5-21(12-8-6-11(18)7-9-12)14-10-13(17)19-15(20-14)16(2,3)4/h6-10H,5H2,1-4H3. The van der Waals surface area contributed by atoms with Crippen molar-refractivity contribution in [3.8, 4) is 0 Å². The summed E-state index contributed by atoms with van der Waals surface area (Å²) >= 11 is 3.45. The Morgan fingerprint density at radius 1 is 1.14 bits per heavy atom. The molecule has 0 aliphatic heterocycles. The van der Waals surface area contributed by atoms with Crippen LogP contribution in [0, 0.1) is 5.82 Å². The lowest BCUT2D eigenvalue weighted by atomic mass is 9.96. The quantitative estimate of drug-likeness (QED) is 0.741. The number of benzene rings is 1. The van der Waals surface area contributed by atoms with Gasteiger partial charge in [-0.25, -0.2) is 14.4 Å². The Bertz CT molecular complexity index is 620. The summed E-state index contributed by atoms with van der Waals surface area (Å²) in [4.78, 5) is 11.1. The highest BCUT2D eigenvalue weighted by Gasteiger charge is 2.20. The molecule has 2 aromatic rings. The van der Waals surface area contributed by atoms with E-state index in [1.54, 1.807) is 12.1 Å². The summed E-state index contributed by atoms with van der Waals surface area (Å²) in [5.74, 6) is 1.33. The maximum atomic E-state index is 13.1. The van der Waals surface area contributed by atoms with Gasteiger partial charge in [0.25, 0.3) is 0 Å². The zero-order valence-electron chi connectivity index (χ0n) is 12.7. The fourth-order valence-electron chi connectivity index (χ4n) is 1.98.